The molecule has 0 aromatic carbocycles. The van der Waals surface area contributed by atoms with Gasteiger partial charge in [-0.2, -0.15) is 0 Å². The molecule has 0 aliphatic heterocycles. The van der Waals surface area contributed by atoms with Crippen LogP contribution < -0.4 is 5.73 Å². The molecule has 2 aromatic rings. The Kier molecular flexibility index (Phi) is 1.63. The summed E-state index contributed by atoms with van der Waals surface area (Å²) in [4.78, 5) is 3.83. The van der Waals surface area contributed by atoms with Crippen molar-refractivity contribution < 1.29 is 4.42 Å². The molecule has 0 aliphatic rings. The molecule has 0 amide bonds. The van der Waals surface area contributed by atoms with Gasteiger partial charge in [0, 0.05) is 11.6 Å². The summed E-state index contributed by atoms with van der Waals surface area (Å²) in [6, 6.07) is 1.70. The molecule has 2 heterocycles. The normalized spacial score (nSPS) is 10.8. The number of hydrogen-bond acceptors (Lipinski definition) is 3. The van der Waals surface area contributed by atoms with Gasteiger partial charge in [-0.3, -0.25) is 0 Å². The molecule has 0 unspecified atom stereocenters. The van der Waals surface area contributed by atoms with Crippen molar-refractivity contribution in [1.82, 2.24) is 4.98 Å². The molecular formula is C7H4Cl2N2O. The standard InChI is InChI=1S/C7H4Cl2N2O/c8-4-3-1-2-11-7(10)5(3)12-6(4)9/h1-2H,(H2,10,11). The molecule has 0 saturated carbocycles. The van der Waals surface area contributed by atoms with E-state index in [1.807, 2.05) is 0 Å². The molecule has 12 heavy (non-hydrogen) atoms. The Bertz CT molecular complexity index is 438. The topological polar surface area (TPSA) is 52.0 Å². The smallest absolute Gasteiger partial charge is 0.213 e. The molecule has 2 aromatic heterocycles. The van der Waals surface area contributed by atoms with E-state index in [2.05, 4.69) is 4.98 Å². The fourth-order valence-electron chi connectivity index (χ4n) is 0.985. The van der Waals surface area contributed by atoms with Gasteiger partial charge in [0.2, 0.25) is 5.22 Å². The second-order valence-corrected chi connectivity index (χ2v) is 2.98. The number of furan rings is 1. The summed E-state index contributed by atoms with van der Waals surface area (Å²) in [5.41, 5.74) is 5.95. The van der Waals surface area contributed by atoms with Gasteiger partial charge in [-0.05, 0) is 17.7 Å². The number of anilines is 1. The Morgan fingerprint density at radius 1 is 1.42 bits per heavy atom. The lowest BCUT2D eigenvalue weighted by molar-refractivity contribution is 0.618. The van der Waals surface area contributed by atoms with E-state index in [0.29, 0.717) is 21.8 Å². The van der Waals surface area contributed by atoms with Crippen molar-refractivity contribution in [3.05, 3.63) is 22.5 Å². The summed E-state index contributed by atoms with van der Waals surface area (Å²) in [6.07, 6.45) is 1.55. The van der Waals surface area contributed by atoms with Crippen molar-refractivity contribution in [1.29, 1.82) is 0 Å². The van der Waals surface area contributed by atoms with Crippen LogP contribution in [0.25, 0.3) is 11.0 Å². The minimum Gasteiger partial charge on any atom is -0.439 e. The van der Waals surface area contributed by atoms with Crippen LogP contribution in [0.15, 0.2) is 16.7 Å². The minimum atomic E-state index is 0.145. The van der Waals surface area contributed by atoms with Gasteiger partial charge in [0.1, 0.15) is 5.02 Å². The predicted molar refractivity (Wildman–Crippen MR) is 48.4 cm³/mol. The van der Waals surface area contributed by atoms with E-state index in [4.69, 9.17) is 33.4 Å². The van der Waals surface area contributed by atoms with Crippen molar-refractivity contribution in [3.63, 3.8) is 0 Å². The zero-order chi connectivity index (χ0) is 8.72. The van der Waals surface area contributed by atoms with E-state index in [0.717, 1.165) is 0 Å². The minimum absolute atomic E-state index is 0.145. The summed E-state index contributed by atoms with van der Waals surface area (Å²) in [5, 5.41) is 1.21. The van der Waals surface area contributed by atoms with Crippen LogP contribution in [-0.2, 0) is 0 Å². The van der Waals surface area contributed by atoms with Gasteiger partial charge in [0.15, 0.2) is 11.4 Å². The van der Waals surface area contributed by atoms with Crippen molar-refractivity contribution in [2.24, 2.45) is 0 Å². The fourth-order valence-corrected chi connectivity index (χ4v) is 1.35. The van der Waals surface area contributed by atoms with Gasteiger partial charge in [0.25, 0.3) is 0 Å². The van der Waals surface area contributed by atoms with Crippen molar-refractivity contribution in [3.8, 4) is 0 Å². The molecule has 0 bridgehead atoms. The number of halogens is 2. The zero-order valence-corrected chi connectivity index (χ0v) is 7.36. The molecule has 0 saturated heterocycles. The van der Waals surface area contributed by atoms with Crippen LogP contribution in [0.1, 0.15) is 0 Å². The third kappa shape index (κ3) is 0.940. The number of nitrogens with zero attached hydrogens (tertiary/aromatic N) is 1. The van der Waals surface area contributed by atoms with Crippen LogP contribution >= 0.6 is 23.2 Å². The Labute approximate surface area is 78.1 Å². The van der Waals surface area contributed by atoms with Crippen LogP contribution in [-0.4, -0.2) is 4.98 Å². The third-order valence-electron chi connectivity index (χ3n) is 1.53. The molecule has 0 fully saturated rings. The van der Waals surface area contributed by atoms with Crippen molar-refractivity contribution in [2.75, 3.05) is 5.73 Å². The van der Waals surface area contributed by atoms with Gasteiger partial charge >= 0.3 is 0 Å². The highest BCUT2D eigenvalue weighted by Gasteiger charge is 2.12. The van der Waals surface area contributed by atoms with Crippen LogP contribution in [0, 0.1) is 0 Å². The molecule has 2 rings (SSSR count). The quantitative estimate of drug-likeness (QED) is 0.715. The number of pyridine rings is 1. The summed E-state index contributed by atoms with van der Waals surface area (Å²) in [6.45, 7) is 0. The first kappa shape index (κ1) is 7.71. The van der Waals surface area contributed by atoms with Crippen LogP contribution in [0.4, 0.5) is 5.82 Å². The predicted octanol–water partition coefficient (Wildman–Crippen LogP) is 2.72. The van der Waals surface area contributed by atoms with Crippen LogP contribution in [0.5, 0.6) is 0 Å². The summed E-state index contributed by atoms with van der Waals surface area (Å²) >= 11 is 11.4. The zero-order valence-electron chi connectivity index (χ0n) is 5.84. The highest BCUT2D eigenvalue weighted by atomic mass is 35.5. The number of nitrogens with two attached hydrogens (primary N) is 1. The van der Waals surface area contributed by atoms with E-state index in [1.54, 1.807) is 12.3 Å². The Morgan fingerprint density at radius 2 is 2.17 bits per heavy atom. The molecule has 5 heteroatoms. The Hall–Kier alpha value is -0.930. The van der Waals surface area contributed by atoms with Gasteiger partial charge in [0.05, 0.1) is 0 Å². The van der Waals surface area contributed by atoms with Gasteiger partial charge in [-0.1, -0.05) is 11.6 Å². The third-order valence-corrected chi connectivity index (χ3v) is 2.27. The molecule has 3 nitrogen and oxygen atoms in total. The molecule has 62 valence electrons. The van der Waals surface area contributed by atoms with E-state index >= 15 is 0 Å². The maximum atomic E-state index is 5.80. The number of hydrogen-bond donors (Lipinski definition) is 1. The van der Waals surface area contributed by atoms with E-state index in [-0.39, 0.29) is 5.22 Å². The SMILES string of the molecule is Nc1nccc2c(Cl)c(Cl)oc12. The van der Waals surface area contributed by atoms with Crippen molar-refractivity contribution >= 4 is 40.0 Å². The second-order valence-electron chi connectivity index (χ2n) is 2.26. The molecule has 0 atom stereocenters. The van der Waals surface area contributed by atoms with Gasteiger partial charge in [-0.15, -0.1) is 0 Å². The number of fused-ring (bicyclic) bond motifs is 1. The van der Waals surface area contributed by atoms with Gasteiger partial charge < -0.3 is 10.2 Å². The number of nitrogen functional groups attached to an aromatic ring is 1. The number of aromatic nitrogens is 1. The van der Waals surface area contributed by atoms with Crippen molar-refractivity contribution in [2.45, 2.75) is 0 Å². The average Bonchev–Trinajstić information content (AvgIpc) is 2.32. The molecular weight excluding hydrogens is 199 g/mol. The maximum absolute atomic E-state index is 5.80. The first-order valence-electron chi connectivity index (χ1n) is 3.18. The van der Waals surface area contributed by atoms with Crippen LogP contribution in [0.2, 0.25) is 10.2 Å². The molecule has 2 N–H and O–H groups in total. The molecule has 0 spiro atoms. The monoisotopic (exact) mass is 202 g/mol. The average molecular weight is 203 g/mol. The second kappa shape index (κ2) is 2.54. The lowest BCUT2D eigenvalue weighted by Crippen LogP contribution is -1.87. The fraction of sp³-hybridized carbons (Fsp3) is 0. The van der Waals surface area contributed by atoms with E-state index < -0.39 is 0 Å². The summed E-state index contributed by atoms with van der Waals surface area (Å²) < 4.78 is 5.08. The van der Waals surface area contributed by atoms with E-state index in [9.17, 15) is 0 Å². The van der Waals surface area contributed by atoms with Crippen LogP contribution in [0.3, 0.4) is 0 Å². The largest absolute Gasteiger partial charge is 0.439 e. The highest BCUT2D eigenvalue weighted by molar-refractivity contribution is 6.44. The highest BCUT2D eigenvalue weighted by Crippen LogP contribution is 2.35. The lowest BCUT2D eigenvalue weighted by atomic mass is 10.3. The molecule has 0 aliphatic carbocycles. The van der Waals surface area contributed by atoms with Gasteiger partial charge in [-0.25, -0.2) is 4.98 Å². The Morgan fingerprint density at radius 3 is 2.83 bits per heavy atom. The number of rotatable bonds is 0. The summed E-state index contributed by atoms with van der Waals surface area (Å²) in [7, 11) is 0. The Balaban J connectivity index is 2.95. The maximum Gasteiger partial charge on any atom is 0.213 e. The van der Waals surface area contributed by atoms with E-state index in [1.165, 1.54) is 0 Å². The first-order chi connectivity index (χ1) is 5.70. The summed E-state index contributed by atoms with van der Waals surface area (Å²) in [5.74, 6) is 0.293. The first-order valence-corrected chi connectivity index (χ1v) is 3.93. The lowest BCUT2D eigenvalue weighted by Gasteiger charge is -1.90. The molecule has 0 radical (unpaired) electrons.